The first-order valence-corrected chi connectivity index (χ1v) is 7.58. The van der Waals surface area contributed by atoms with E-state index in [-0.39, 0.29) is 5.91 Å². The molecular weight excluding hydrogens is 224 g/mol. The van der Waals surface area contributed by atoms with Gasteiger partial charge in [0.2, 0.25) is 5.91 Å². The van der Waals surface area contributed by atoms with Gasteiger partial charge in [-0.05, 0) is 50.5 Å². The van der Waals surface area contributed by atoms with Crippen LogP contribution in [0.3, 0.4) is 0 Å². The zero-order chi connectivity index (χ0) is 13.0. The molecule has 104 valence electrons. The van der Waals surface area contributed by atoms with Crippen LogP contribution in [0.1, 0.15) is 65.2 Å². The summed E-state index contributed by atoms with van der Waals surface area (Å²) in [6.07, 6.45) is 9.12. The van der Waals surface area contributed by atoms with Crippen LogP contribution < -0.4 is 10.6 Å². The number of piperidine rings is 1. The van der Waals surface area contributed by atoms with Crippen molar-refractivity contribution < 1.29 is 4.79 Å². The molecule has 0 bridgehead atoms. The fourth-order valence-corrected chi connectivity index (χ4v) is 3.15. The summed E-state index contributed by atoms with van der Waals surface area (Å²) in [7, 11) is 0. The van der Waals surface area contributed by atoms with Crippen molar-refractivity contribution in [2.75, 3.05) is 6.54 Å². The van der Waals surface area contributed by atoms with Crippen molar-refractivity contribution in [1.29, 1.82) is 0 Å². The second kappa shape index (κ2) is 6.05. The van der Waals surface area contributed by atoms with E-state index < -0.39 is 0 Å². The van der Waals surface area contributed by atoms with Crippen LogP contribution in [0, 0.1) is 5.41 Å². The highest BCUT2D eigenvalue weighted by molar-refractivity contribution is 5.76. The molecule has 0 aromatic heterocycles. The molecular formula is C15H28N2O. The zero-order valence-corrected chi connectivity index (χ0v) is 11.9. The van der Waals surface area contributed by atoms with E-state index in [0.29, 0.717) is 23.9 Å². The normalized spacial score (nSPS) is 28.9. The van der Waals surface area contributed by atoms with Crippen LogP contribution in [0.25, 0.3) is 0 Å². The summed E-state index contributed by atoms with van der Waals surface area (Å²) in [5, 5.41) is 6.66. The number of rotatable bonds is 3. The lowest BCUT2D eigenvalue weighted by atomic mass is 9.75. The number of nitrogens with one attached hydrogen (secondary N) is 2. The van der Waals surface area contributed by atoms with E-state index in [0.717, 1.165) is 25.8 Å². The molecule has 1 aliphatic carbocycles. The molecule has 0 aromatic carbocycles. The number of amides is 1. The van der Waals surface area contributed by atoms with Gasteiger partial charge in [-0.1, -0.05) is 20.3 Å². The van der Waals surface area contributed by atoms with Crippen molar-refractivity contribution in [3.8, 4) is 0 Å². The highest BCUT2D eigenvalue weighted by Crippen LogP contribution is 2.34. The highest BCUT2D eigenvalue weighted by Gasteiger charge is 2.28. The molecule has 1 saturated heterocycles. The maximum Gasteiger partial charge on any atom is 0.221 e. The highest BCUT2D eigenvalue weighted by atomic mass is 16.1. The van der Waals surface area contributed by atoms with Crippen LogP contribution in [0.4, 0.5) is 0 Å². The molecule has 1 atom stereocenters. The predicted octanol–water partition coefficient (Wildman–Crippen LogP) is 2.60. The molecule has 0 spiro atoms. The Morgan fingerprint density at radius 1 is 1.22 bits per heavy atom. The Hall–Kier alpha value is -0.570. The molecule has 3 nitrogen and oxygen atoms in total. The third-order valence-electron chi connectivity index (χ3n) is 4.55. The van der Waals surface area contributed by atoms with Crippen LogP contribution >= 0.6 is 0 Å². The Kier molecular flexibility index (Phi) is 4.66. The Balaban J connectivity index is 1.68. The molecule has 18 heavy (non-hydrogen) atoms. The van der Waals surface area contributed by atoms with Crippen LogP contribution in [0.2, 0.25) is 0 Å². The van der Waals surface area contributed by atoms with E-state index in [1.165, 1.54) is 25.7 Å². The number of carbonyl (C=O) groups is 1. The number of hydrogen-bond acceptors (Lipinski definition) is 2. The Bertz CT molecular complexity index is 272. The lowest BCUT2D eigenvalue weighted by molar-refractivity contribution is -0.122. The minimum atomic E-state index is 0.249. The van der Waals surface area contributed by atoms with Gasteiger partial charge < -0.3 is 10.6 Å². The van der Waals surface area contributed by atoms with Gasteiger partial charge in [-0.25, -0.2) is 0 Å². The average Bonchev–Trinajstić information content (AvgIpc) is 2.33. The Labute approximate surface area is 111 Å². The van der Waals surface area contributed by atoms with E-state index in [4.69, 9.17) is 0 Å². The maximum atomic E-state index is 12.0. The monoisotopic (exact) mass is 252 g/mol. The Morgan fingerprint density at radius 2 is 1.94 bits per heavy atom. The lowest BCUT2D eigenvalue weighted by Gasteiger charge is -2.35. The van der Waals surface area contributed by atoms with E-state index >= 15 is 0 Å². The van der Waals surface area contributed by atoms with Gasteiger partial charge in [0, 0.05) is 18.5 Å². The van der Waals surface area contributed by atoms with Gasteiger partial charge in [-0.15, -0.1) is 0 Å². The summed E-state index contributed by atoms with van der Waals surface area (Å²) in [4.78, 5) is 12.0. The molecule has 1 aliphatic heterocycles. The molecule has 2 N–H and O–H groups in total. The van der Waals surface area contributed by atoms with Crippen molar-refractivity contribution in [1.82, 2.24) is 10.6 Å². The molecule has 0 aromatic rings. The molecule has 0 radical (unpaired) electrons. The largest absolute Gasteiger partial charge is 0.353 e. The van der Waals surface area contributed by atoms with Gasteiger partial charge >= 0.3 is 0 Å². The second-order valence-corrected chi connectivity index (χ2v) is 6.86. The van der Waals surface area contributed by atoms with Gasteiger partial charge in [-0.3, -0.25) is 4.79 Å². The summed E-state index contributed by atoms with van der Waals surface area (Å²) in [5.74, 6) is 0.249. The fraction of sp³-hybridized carbons (Fsp3) is 0.933. The third-order valence-corrected chi connectivity index (χ3v) is 4.55. The van der Waals surface area contributed by atoms with Crippen LogP contribution in [0.15, 0.2) is 0 Å². The Morgan fingerprint density at radius 3 is 2.56 bits per heavy atom. The molecule has 1 heterocycles. The van der Waals surface area contributed by atoms with E-state index in [1.54, 1.807) is 0 Å². The van der Waals surface area contributed by atoms with Gasteiger partial charge in [-0.2, -0.15) is 0 Å². The molecule has 2 rings (SSSR count). The molecule has 3 heteroatoms. The lowest BCUT2D eigenvalue weighted by Crippen LogP contribution is -2.43. The molecule has 1 unspecified atom stereocenters. The van der Waals surface area contributed by atoms with Crippen LogP contribution in [-0.2, 0) is 4.79 Å². The molecule has 1 amide bonds. The quantitative estimate of drug-likeness (QED) is 0.810. The zero-order valence-electron chi connectivity index (χ0n) is 11.9. The fourth-order valence-electron chi connectivity index (χ4n) is 3.15. The first-order chi connectivity index (χ1) is 8.55. The minimum absolute atomic E-state index is 0.249. The standard InChI is InChI=1S/C15H28N2O/c1-15(2)8-6-12(7-9-15)17-14(18)11-13-5-3-4-10-16-13/h12-13,16H,3-11H2,1-2H3,(H,17,18). The van der Waals surface area contributed by atoms with Crippen molar-refractivity contribution in [2.45, 2.75) is 77.3 Å². The van der Waals surface area contributed by atoms with Gasteiger partial charge in [0.1, 0.15) is 0 Å². The van der Waals surface area contributed by atoms with Crippen LogP contribution in [0.5, 0.6) is 0 Å². The van der Waals surface area contributed by atoms with Gasteiger partial charge in [0.05, 0.1) is 0 Å². The maximum absolute atomic E-state index is 12.0. The van der Waals surface area contributed by atoms with E-state index in [1.807, 2.05) is 0 Å². The second-order valence-electron chi connectivity index (χ2n) is 6.86. The predicted molar refractivity (Wildman–Crippen MR) is 74.4 cm³/mol. The number of hydrogen-bond donors (Lipinski definition) is 2. The molecule has 2 aliphatic rings. The van der Waals surface area contributed by atoms with E-state index in [9.17, 15) is 4.79 Å². The summed E-state index contributed by atoms with van der Waals surface area (Å²) < 4.78 is 0. The summed E-state index contributed by atoms with van der Waals surface area (Å²) in [6, 6.07) is 0.841. The average molecular weight is 252 g/mol. The van der Waals surface area contributed by atoms with Crippen molar-refractivity contribution in [3.63, 3.8) is 0 Å². The summed E-state index contributed by atoms with van der Waals surface area (Å²) in [6.45, 7) is 5.74. The van der Waals surface area contributed by atoms with Crippen molar-refractivity contribution >= 4 is 5.91 Å². The van der Waals surface area contributed by atoms with Crippen molar-refractivity contribution in [3.05, 3.63) is 0 Å². The summed E-state index contributed by atoms with van der Waals surface area (Å²) in [5.41, 5.74) is 0.478. The third kappa shape index (κ3) is 4.27. The van der Waals surface area contributed by atoms with Crippen LogP contribution in [-0.4, -0.2) is 24.5 Å². The smallest absolute Gasteiger partial charge is 0.221 e. The first-order valence-electron chi connectivity index (χ1n) is 7.58. The summed E-state index contributed by atoms with van der Waals surface area (Å²) >= 11 is 0. The minimum Gasteiger partial charge on any atom is -0.353 e. The molecule has 2 fully saturated rings. The van der Waals surface area contributed by atoms with Crippen molar-refractivity contribution in [2.24, 2.45) is 5.41 Å². The molecule has 1 saturated carbocycles. The van der Waals surface area contributed by atoms with E-state index in [2.05, 4.69) is 24.5 Å². The number of carbonyl (C=O) groups excluding carboxylic acids is 1. The van der Waals surface area contributed by atoms with Gasteiger partial charge in [0.25, 0.3) is 0 Å². The first kappa shape index (κ1) is 13.9. The SMILES string of the molecule is CC1(C)CCC(NC(=O)CC2CCCCN2)CC1. The topological polar surface area (TPSA) is 41.1 Å². The van der Waals surface area contributed by atoms with Gasteiger partial charge in [0.15, 0.2) is 0 Å².